The van der Waals surface area contributed by atoms with Gasteiger partial charge < -0.3 is 10.1 Å². The van der Waals surface area contributed by atoms with Crippen LogP contribution in [0.25, 0.3) is 0 Å². The van der Waals surface area contributed by atoms with Gasteiger partial charge in [-0.25, -0.2) is 0 Å². The van der Waals surface area contributed by atoms with E-state index in [-0.39, 0.29) is 11.8 Å². The molecule has 1 saturated carbocycles. The molecule has 2 aromatic rings. The first-order valence-electron chi connectivity index (χ1n) is 8.82. The average Bonchev–Trinajstić information content (AvgIpc) is 3.45. The number of nitrogens with one attached hydrogen (secondary N) is 1. The number of benzene rings is 2. The van der Waals surface area contributed by atoms with Crippen LogP contribution in [0.15, 0.2) is 48.5 Å². The zero-order valence-corrected chi connectivity index (χ0v) is 14.7. The normalized spacial score (nSPS) is 14.2. The van der Waals surface area contributed by atoms with Crippen LogP contribution in [0.5, 0.6) is 5.75 Å². The lowest BCUT2D eigenvalue weighted by atomic mass is 9.99. The highest BCUT2D eigenvalue weighted by Crippen LogP contribution is 2.26. The largest absolute Gasteiger partial charge is 0.490 e. The summed E-state index contributed by atoms with van der Waals surface area (Å²) in [7, 11) is 0. The summed E-state index contributed by atoms with van der Waals surface area (Å²) >= 11 is 0. The molecule has 1 N–H and O–H groups in total. The van der Waals surface area contributed by atoms with Crippen molar-refractivity contribution in [3.05, 3.63) is 65.2 Å². The van der Waals surface area contributed by atoms with E-state index in [1.807, 2.05) is 62.4 Å². The van der Waals surface area contributed by atoms with Gasteiger partial charge in [-0.3, -0.25) is 4.79 Å². The number of rotatable bonds is 5. The number of likely N-dealkylation sites (N-methyl/N-ethyl adjacent to an activating group) is 1. The number of carbonyl (C=O) groups excluding carboxylic acids is 1. The Bertz CT molecular complexity index is 778. The minimum Gasteiger partial charge on any atom is -0.490 e. The fourth-order valence-electron chi connectivity index (χ4n) is 2.47. The molecule has 0 saturated heterocycles. The van der Waals surface area contributed by atoms with Crippen LogP contribution in [0, 0.1) is 11.8 Å². The predicted molar refractivity (Wildman–Crippen MR) is 99.6 cm³/mol. The van der Waals surface area contributed by atoms with Gasteiger partial charge in [0.2, 0.25) is 5.91 Å². The molecule has 1 aliphatic carbocycles. The first-order valence-corrected chi connectivity index (χ1v) is 8.82. The van der Waals surface area contributed by atoms with Crippen LogP contribution in [-0.4, -0.2) is 18.6 Å². The van der Waals surface area contributed by atoms with E-state index in [0.29, 0.717) is 12.6 Å². The first kappa shape index (κ1) is 17.1. The first-order chi connectivity index (χ1) is 12.2. The van der Waals surface area contributed by atoms with E-state index < -0.39 is 0 Å². The van der Waals surface area contributed by atoms with Crippen LogP contribution in [-0.2, 0) is 4.79 Å². The van der Waals surface area contributed by atoms with Crippen LogP contribution < -0.4 is 10.1 Å². The van der Waals surface area contributed by atoms with Gasteiger partial charge in [0, 0.05) is 17.7 Å². The Balaban J connectivity index is 1.63. The second-order valence-corrected chi connectivity index (χ2v) is 6.33. The van der Waals surface area contributed by atoms with E-state index in [0.717, 1.165) is 35.3 Å². The van der Waals surface area contributed by atoms with Gasteiger partial charge in [-0.2, -0.15) is 0 Å². The van der Waals surface area contributed by atoms with Crippen molar-refractivity contribution < 1.29 is 9.53 Å². The molecule has 1 fully saturated rings. The highest BCUT2D eigenvalue weighted by Gasteiger charge is 2.23. The molecule has 0 spiro atoms. The molecule has 128 valence electrons. The van der Waals surface area contributed by atoms with E-state index in [1.54, 1.807) is 0 Å². The number of carbonyl (C=O) groups is 1. The van der Waals surface area contributed by atoms with Crippen molar-refractivity contribution in [3.8, 4) is 17.6 Å². The Morgan fingerprint density at radius 3 is 2.16 bits per heavy atom. The van der Waals surface area contributed by atoms with Crippen molar-refractivity contribution >= 4 is 5.91 Å². The monoisotopic (exact) mass is 333 g/mol. The maximum absolute atomic E-state index is 11.9. The van der Waals surface area contributed by atoms with Crippen molar-refractivity contribution in [2.24, 2.45) is 0 Å². The Kier molecular flexibility index (Phi) is 5.40. The lowest BCUT2D eigenvalue weighted by molar-refractivity contribution is -0.122. The third-order valence-corrected chi connectivity index (χ3v) is 4.19. The molecule has 1 atom stereocenters. The molecule has 3 nitrogen and oxygen atoms in total. The van der Waals surface area contributed by atoms with Gasteiger partial charge in [-0.05, 0) is 68.7 Å². The van der Waals surface area contributed by atoms with Crippen molar-refractivity contribution in [2.75, 3.05) is 6.54 Å². The van der Waals surface area contributed by atoms with Gasteiger partial charge in [-0.1, -0.05) is 24.0 Å². The minimum absolute atomic E-state index is 0.0508. The lowest BCUT2D eigenvalue weighted by Crippen LogP contribution is -2.27. The van der Waals surface area contributed by atoms with E-state index in [9.17, 15) is 4.79 Å². The topological polar surface area (TPSA) is 38.3 Å². The number of hydrogen-bond donors (Lipinski definition) is 1. The zero-order valence-electron chi connectivity index (χ0n) is 14.7. The minimum atomic E-state index is -0.152. The maximum Gasteiger partial charge on any atom is 0.227 e. The third-order valence-electron chi connectivity index (χ3n) is 4.19. The third kappa shape index (κ3) is 4.87. The Morgan fingerprint density at radius 1 is 1.08 bits per heavy atom. The summed E-state index contributed by atoms with van der Waals surface area (Å²) in [4.78, 5) is 11.9. The summed E-state index contributed by atoms with van der Waals surface area (Å²) in [5, 5.41) is 2.85. The van der Waals surface area contributed by atoms with Crippen LogP contribution in [0.3, 0.4) is 0 Å². The van der Waals surface area contributed by atoms with E-state index >= 15 is 0 Å². The second-order valence-electron chi connectivity index (χ2n) is 6.33. The summed E-state index contributed by atoms with van der Waals surface area (Å²) < 4.78 is 5.73. The molecule has 3 rings (SSSR count). The SMILES string of the molecule is CCNC(=O)C(C)c1ccc(C#Cc2ccc(OC3CC3)cc2)cc1. The van der Waals surface area contributed by atoms with E-state index in [4.69, 9.17) is 4.74 Å². The smallest absolute Gasteiger partial charge is 0.227 e. The van der Waals surface area contributed by atoms with Crippen molar-refractivity contribution in [1.82, 2.24) is 5.32 Å². The van der Waals surface area contributed by atoms with Crippen molar-refractivity contribution in [1.29, 1.82) is 0 Å². The fraction of sp³-hybridized carbons (Fsp3) is 0.318. The standard InChI is InChI=1S/C22H23NO2/c1-3-23-22(24)16(2)19-10-6-17(7-11-19)4-5-18-8-12-20(13-9-18)25-21-14-15-21/h6-13,16,21H,3,14-15H2,1-2H3,(H,23,24). The predicted octanol–water partition coefficient (Wildman–Crippen LogP) is 3.87. The highest BCUT2D eigenvalue weighted by atomic mass is 16.5. The molecule has 0 aromatic heterocycles. The quantitative estimate of drug-likeness (QED) is 0.844. The molecule has 1 aliphatic rings. The van der Waals surface area contributed by atoms with Crippen LogP contribution >= 0.6 is 0 Å². The molecular weight excluding hydrogens is 310 g/mol. The number of amides is 1. The second kappa shape index (κ2) is 7.90. The number of ether oxygens (including phenoxy) is 1. The summed E-state index contributed by atoms with van der Waals surface area (Å²) in [6, 6.07) is 15.8. The lowest BCUT2D eigenvalue weighted by Gasteiger charge is -2.11. The Morgan fingerprint density at radius 2 is 1.64 bits per heavy atom. The van der Waals surface area contributed by atoms with Gasteiger partial charge in [0.05, 0.1) is 12.0 Å². The van der Waals surface area contributed by atoms with E-state index in [1.165, 1.54) is 0 Å². The molecule has 1 amide bonds. The molecule has 0 aliphatic heterocycles. The molecule has 0 radical (unpaired) electrons. The molecule has 0 heterocycles. The summed E-state index contributed by atoms with van der Waals surface area (Å²) in [5.74, 6) is 7.14. The van der Waals surface area contributed by atoms with Crippen LogP contribution in [0.4, 0.5) is 0 Å². The molecule has 3 heteroatoms. The summed E-state index contributed by atoms with van der Waals surface area (Å²) in [6.45, 7) is 4.49. The molecule has 2 aromatic carbocycles. The summed E-state index contributed by atoms with van der Waals surface area (Å²) in [6.07, 6.45) is 2.74. The summed E-state index contributed by atoms with van der Waals surface area (Å²) in [5.41, 5.74) is 2.89. The van der Waals surface area contributed by atoms with Crippen LogP contribution in [0.2, 0.25) is 0 Å². The molecule has 1 unspecified atom stereocenters. The van der Waals surface area contributed by atoms with Crippen molar-refractivity contribution in [3.63, 3.8) is 0 Å². The van der Waals surface area contributed by atoms with Gasteiger partial charge in [0.25, 0.3) is 0 Å². The molecule has 25 heavy (non-hydrogen) atoms. The Hall–Kier alpha value is -2.73. The van der Waals surface area contributed by atoms with Crippen molar-refractivity contribution in [2.45, 2.75) is 38.7 Å². The van der Waals surface area contributed by atoms with Gasteiger partial charge in [0.1, 0.15) is 5.75 Å². The fourth-order valence-corrected chi connectivity index (χ4v) is 2.47. The molecule has 0 bridgehead atoms. The van der Waals surface area contributed by atoms with Gasteiger partial charge in [-0.15, -0.1) is 0 Å². The highest BCUT2D eigenvalue weighted by molar-refractivity contribution is 5.83. The average molecular weight is 333 g/mol. The van der Waals surface area contributed by atoms with Gasteiger partial charge in [0.15, 0.2) is 0 Å². The van der Waals surface area contributed by atoms with Gasteiger partial charge >= 0.3 is 0 Å². The van der Waals surface area contributed by atoms with Crippen LogP contribution in [0.1, 0.15) is 49.3 Å². The van der Waals surface area contributed by atoms with E-state index in [2.05, 4.69) is 17.2 Å². The molecular formula is C22H23NO2. The number of hydrogen-bond acceptors (Lipinski definition) is 2. The zero-order chi connectivity index (χ0) is 17.6. The maximum atomic E-state index is 11.9. The Labute approximate surface area is 149 Å².